The molecule has 0 N–H and O–H groups in total. The second-order valence-electron chi connectivity index (χ2n) is 21.6. The van der Waals surface area contributed by atoms with E-state index >= 15 is 0 Å². The van der Waals surface area contributed by atoms with E-state index < -0.39 is 6.10 Å². The van der Waals surface area contributed by atoms with Crippen LogP contribution in [0.1, 0.15) is 278 Å². The van der Waals surface area contributed by atoms with Gasteiger partial charge in [0.15, 0.2) is 6.10 Å². The van der Waals surface area contributed by atoms with Gasteiger partial charge in [-0.3, -0.25) is 14.4 Å². The minimum absolute atomic E-state index is 0.137. The second kappa shape index (κ2) is 69.3. The summed E-state index contributed by atoms with van der Waals surface area (Å²) in [5.74, 6) is -1.08. The van der Waals surface area contributed by atoms with Crippen LogP contribution in [0.15, 0.2) is 170 Å². The van der Waals surface area contributed by atoms with Gasteiger partial charge in [0.1, 0.15) is 13.2 Å². The van der Waals surface area contributed by atoms with E-state index in [2.05, 4.69) is 179 Å². The fourth-order valence-corrected chi connectivity index (χ4v) is 8.75. The Kier molecular flexibility index (Phi) is 64.9. The van der Waals surface area contributed by atoms with Crippen LogP contribution in [0, 0.1) is 0 Å². The molecule has 0 aromatic heterocycles. The predicted octanol–water partition coefficient (Wildman–Crippen LogP) is 23.4. The second-order valence-corrected chi connectivity index (χ2v) is 21.6. The first kappa shape index (κ1) is 77.8. The standard InChI is InChI=1S/C77H122O6/c1-4-7-10-13-16-19-22-25-27-29-31-33-35-36-37-38-39-40-42-43-45-47-49-52-55-58-61-64-67-70-76(79)82-73-74(72-81-75(78)69-66-63-60-57-54-51-24-21-18-15-12-9-6-3)83-77(80)71-68-65-62-59-56-53-50-48-46-44-41-34-32-30-28-26-23-20-17-14-11-8-5-2/h7,9-10,12,16,18-19,21,25,27,30-33,36-37,39-40,43,45,49,51-52,54,58,60-61,63,74H,4-6,8,11,13-15,17,20,22-24,26,28-29,34-35,38,41-42,44,46-48,50,53,55-57,59,62,64-73H2,1-3H3/b10-7-,12-9-,19-16-,21-18-,27-25-,32-30-,33-31-,37-36-,40-39-,45-43-,52-49-,54-51-,61-58-,63-60-. The molecule has 0 amide bonds. The van der Waals surface area contributed by atoms with Crippen LogP contribution in [-0.4, -0.2) is 37.2 Å². The molecule has 0 radical (unpaired) electrons. The van der Waals surface area contributed by atoms with Crippen LogP contribution in [-0.2, 0) is 28.6 Å². The highest BCUT2D eigenvalue weighted by molar-refractivity contribution is 5.71. The lowest BCUT2D eigenvalue weighted by Crippen LogP contribution is -2.30. The van der Waals surface area contributed by atoms with Crippen molar-refractivity contribution < 1.29 is 28.6 Å². The van der Waals surface area contributed by atoms with E-state index in [1.807, 2.05) is 12.2 Å². The Morgan fingerprint density at radius 2 is 0.506 bits per heavy atom. The van der Waals surface area contributed by atoms with Crippen LogP contribution in [0.4, 0.5) is 0 Å². The zero-order valence-corrected chi connectivity index (χ0v) is 53.4. The molecule has 466 valence electrons. The maximum atomic E-state index is 12.9. The maximum absolute atomic E-state index is 12.9. The quantitative estimate of drug-likeness (QED) is 0.0261. The van der Waals surface area contributed by atoms with Crippen molar-refractivity contribution in [2.45, 2.75) is 284 Å². The molecule has 0 rings (SSSR count). The first-order chi connectivity index (χ1) is 41.0. The van der Waals surface area contributed by atoms with E-state index in [4.69, 9.17) is 14.2 Å². The Morgan fingerprint density at radius 3 is 0.855 bits per heavy atom. The van der Waals surface area contributed by atoms with Gasteiger partial charge in [0, 0.05) is 19.3 Å². The SMILES string of the molecule is CC/C=C\C/C=C\C/C=C\C/C=C\C/C=C\C/C=C\C/C=C\C/C=C\C/C=C\CCCC(=O)OCC(COC(=O)CC/C=C\C/C=C\C/C=C\C/C=C\CC)OC(=O)CCCCCCCCCCCCC/C=C\CCCCCCCCCC. The van der Waals surface area contributed by atoms with Crippen molar-refractivity contribution in [3.05, 3.63) is 170 Å². The summed E-state index contributed by atoms with van der Waals surface area (Å²) in [5.41, 5.74) is 0. The summed E-state index contributed by atoms with van der Waals surface area (Å²) in [6.07, 6.45) is 103. The third-order valence-electron chi connectivity index (χ3n) is 13.7. The van der Waals surface area contributed by atoms with Gasteiger partial charge in [-0.1, -0.05) is 294 Å². The first-order valence-electron chi connectivity index (χ1n) is 33.6. The first-order valence-corrected chi connectivity index (χ1v) is 33.6. The van der Waals surface area contributed by atoms with Gasteiger partial charge in [0.2, 0.25) is 0 Å². The van der Waals surface area contributed by atoms with Crippen LogP contribution in [0.5, 0.6) is 0 Å². The topological polar surface area (TPSA) is 78.9 Å². The summed E-state index contributed by atoms with van der Waals surface area (Å²) in [7, 11) is 0. The van der Waals surface area contributed by atoms with Gasteiger partial charge in [0.25, 0.3) is 0 Å². The summed E-state index contributed by atoms with van der Waals surface area (Å²) in [6.45, 7) is 6.30. The van der Waals surface area contributed by atoms with Crippen molar-refractivity contribution in [3.8, 4) is 0 Å². The molecule has 0 saturated carbocycles. The van der Waals surface area contributed by atoms with Crippen LogP contribution < -0.4 is 0 Å². The van der Waals surface area contributed by atoms with Crippen LogP contribution in [0.3, 0.4) is 0 Å². The van der Waals surface area contributed by atoms with E-state index in [-0.39, 0.29) is 44.0 Å². The average Bonchev–Trinajstić information content (AvgIpc) is 3.49. The lowest BCUT2D eigenvalue weighted by molar-refractivity contribution is -0.166. The zero-order valence-electron chi connectivity index (χ0n) is 53.4. The Labute approximate surface area is 511 Å². The van der Waals surface area contributed by atoms with Crippen LogP contribution >= 0.6 is 0 Å². The smallest absolute Gasteiger partial charge is 0.306 e. The van der Waals surface area contributed by atoms with E-state index in [0.29, 0.717) is 19.3 Å². The number of rotatable bonds is 59. The predicted molar refractivity (Wildman–Crippen MR) is 361 cm³/mol. The lowest BCUT2D eigenvalue weighted by Gasteiger charge is -2.18. The van der Waals surface area contributed by atoms with E-state index in [1.54, 1.807) is 0 Å². The molecule has 6 nitrogen and oxygen atoms in total. The van der Waals surface area contributed by atoms with Gasteiger partial charge in [0.05, 0.1) is 0 Å². The van der Waals surface area contributed by atoms with Crippen molar-refractivity contribution in [1.29, 1.82) is 0 Å². The largest absolute Gasteiger partial charge is 0.462 e. The minimum atomic E-state index is -0.841. The molecule has 0 aromatic rings. The summed E-state index contributed by atoms with van der Waals surface area (Å²) in [6, 6.07) is 0. The molecule has 6 heteroatoms. The molecule has 0 aromatic carbocycles. The van der Waals surface area contributed by atoms with E-state index in [0.717, 1.165) is 109 Å². The monoisotopic (exact) mass is 1140 g/mol. The molecule has 1 unspecified atom stereocenters. The zero-order chi connectivity index (χ0) is 59.9. The van der Waals surface area contributed by atoms with Gasteiger partial charge >= 0.3 is 17.9 Å². The lowest BCUT2D eigenvalue weighted by atomic mass is 10.0. The molecule has 0 fully saturated rings. The van der Waals surface area contributed by atoms with Crippen molar-refractivity contribution in [2.75, 3.05) is 13.2 Å². The molecule has 0 spiro atoms. The van der Waals surface area contributed by atoms with Crippen molar-refractivity contribution >= 4 is 17.9 Å². The van der Waals surface area contributed by atoms with Crippen molar-refractivity contribution in [3.63, 3.8) is 0 Å². The summed E-state index contributed by atoms with van der Waals surface area (Å²) >= 11 is 0. The van der Waals surface area contributed by atoms with Crippen molar-refractivity contribution in [1.82, 2.24) is 0 Å². The molecular formula is C77H122O6. The van der Waals surface area contributed by atoms with Crippen molar-refractivity contribution in [2.24, 2.45) is 0 Å². The maximum Gasteiger partial charge on any atom is 0.306 e. The summed E-state index contributed by atoms with van der Waals surface area (Å²) in [4.78, 5) is 38.3. The Hall–Kier alpha value is -5.23. The molecule has 83 heavy (non-hydrogen) atoms. The normalized spacial score (nSPS) is 13.2. The van der Waals surface area contributed by atoms with E-state index in [9.17, 15) is 14.4 Å². The molecule has 1 atom stereocenters. The molecule has 0 aliphatic carbocycles. The number of hydrogen-bond acceptors (Lipinski definition) is 6. The Balaban J connectivity index is 4.48. The Bertz CT molecular complexity index is 1890. The third kappa shape index (κ3) is 67.4. The number of carbonyl (C=O) groups excluding carboxylic acids is 3. The highest BCUT2D eigenvalue weighted by atomic mass is 16.6. The number of hydrogen-bond donors (Lipinski definition) is 0. The molecule has 0 bridgehead atoms. The third-order valence-corrected chi connectivity index (χ3v) is 13.7. The van der Waals surface area contributed by atoms with Gasteiger partial charge in [-0.15, -0.1) is 0 Å². The highest BCUT2D eigenvalue weighted by Gasteiger charge is 2.19. The van der Waals surface area contributed by atoms with Gasteiger partial charge < -0.3 is 14.2 Å². The minimum Gasteiger partial charge on any atom is -0.462 e. The number of unbranched alkanes of at least 4 members (excludes halogenated alkanes) is 20. The highest BCUT2D eigenvalue weighted by Crippen LogP contribution is 2.15. The van der Waals surface area contributed by atoms with Crippen LogP contribution in [0.25, 0.3) is 0 Å². The molecule has 0 aliphatic heterocycles. The fourth-order valence-electron chi connectivity index (χ4n) is 8.75. The van der Waals surface area contributed by atoms with Gasteiger partial charge in [-0.25, -0.2) is 0 Å². The van der Waals surface area contributed by atoms with Gasteiger partial charge in [-0.05, 0) is 135 Å². The number of allylic oxidation sites excluding steroid dienone is 28. The molecule has 0 aliphatic rings. The number of esters is 3. The molecular weight excluding hydrogens is 1020 g/mol. The van der Waals surface area contributed by atoms with Crippen LogP contribution in [0.2, 0.25) is 0 Å². The number of ether oxygens (including phenoxy) is 3. The fraction of sp³-hybridized carbons (Fsp3) is 0.597. The Morgan fingerprint density at radius 1 is 0.253 bits per heavy atom. The number of carbonyl (C=O) groups is 3. The van der Waals surface area contributed by atoms with Gasteiger partial charge in [-0.2, -0.15) is 0 Å². The summed E-state index contributed by atoms with van der Waals surface area (Å²) < 4.78 is 16.8. The average molecular weight is 1140 g/mol. The molecule has 0 saturated heterocycles. The van der Waals surface area contributed by atoms with E-state index in [1.165, 1.54) is 116 Å². The molecule has 0 heterocycles. The summed E-state index contributed by atoms with van der Waals surface area (Å²) in [5, 5.41) is 0.